The second kappa shape index (κ2) is 6.73. The number of nitrogens with one attached hydrogen (secondary N) is 1. The van der Waals surface area contributed by atoms with Crippen molar-refractivity contribution in [3.63, 3.8) is 0 Å². The van der Waals surface area contributed by atoms with Gasteiger partial charge in [0.15, 0.2) is 0 Å². The largest absolute Gasteiger partial charge is 0.346 e. The summed E-state index contributed by atoms with van der Waals surface area (Å²) in [5.41, 5.74) is 3.84. The van der Waals surface area contributed by atoms with Crippen molar-refractivity contribution >= 4 is 24.0 Å². The molecule has 0 radical (unpaired) electrons. The Bertz CT molecular complexity index is 667. The number of fused-ring (bicyclic) bond motifs is 1. The molecule has 0 atom stereocenters. The Labute approximate surface area is 134 Å². The first-order valence-corrected chi connectivity index (χ1v) is 8.92. The summed E-state index contributed by atoms with van der Waals surface area (Å²) in [5.74, 6) is 1.90. The Morgan fingerprint density at radius 1 is 1.33 bits per heavy atom. The van der Waals surface area contributed by atoms with E-state index in [0.717, 1.165) is 42.3 Å². The number of nitrogens with zero attached hydrogens (tertiary/aromatic N) is 2. The molecule has 5 heteroatoms. The molecule has 2 aromatic rings. The van der Waals surface area contributed by atoms with Gasteiger partial charge in [-0.2, -0.15) is 11.8 Å². The number of aromatic nitrogens is 2. The fourth-order valence-corrected chi connectivity index (χ4v) is 3.44. The average Bonchev–Trinajstić information content (AvgIpc) is 2.49. The molecule has 1 aromatic carbocycles. The van der Waals surface area contributed by atoms with Gasteiger partial charge in [-0.3, -0.25) is 4.90 Å². The molecule has 0 spiro atoms. The molecule has 3 rings (SSSR count). The third-order valence-electron chi connectivity index (χ3n) is 3.74. The normalized spacial score (nSPS) is 14.9. The third kappa shape index (κ3) is 3.54. The summed E-state index contributed by atoms with van der Waals surface area (Å²) in [6.45, 7) is 2.93. The molecule has 0 amide bonds. The summed E-state index contributed by atoms with van der Waals surface area (Å²) in [6.07, 6.45) is 3.11. The second-order valence-corrected chi connectivity index (χ2v) is 6.58. The number of rotatable bonds is 4. The lowest BCUT2D eigenvalue weighted by atomic mass is 10.1. The Kier molecular flexibility index (Phi) is 4.73. The van der Waals surface area contributed by atoms with E-state index < -0.39 is 0 Å². The van der Waals surface area contributed by atoms with Crippen molar-refractivity contribution in [1.82, 2.24) is 14.9 Å². The fraction of sp³-hybridized carbons (Fsp3) is 0.375. The van der Waals surface area contributed by atoms with Crippen LogP contribution in [0.25, 0.3) is 0 Å². The number of benzene rings is 1. The minimum Gasteiger partial charge on any atom is -0.346 e. The molecular weight excluding hydrogens is 298 g/mol. The number of hydrogen-bond donors (Lipinski definition) is 1. The molecule has 0 bridgehead atoms. The van der Waals surface area contributed by atoms with E-state index in [-0.39, 0.29) is 0 Å². The van der Waals surface area contributed by atoms with Crippen LogP contribution in [0.5, 0.6) is 0 Å². The number of aromatic amines is 1. The zero-order chi connectivity index (χ0) is 14.7. The Balaban J connectivity index is 1.78. The topological polar surface area (TPSA) is 31.9 Å². The van der Waals surface area contributed by atoms with Gasteiger partial charge in [0.1, 0.15) is 10.5 Å². The van der Waals surface area contributed by atoms with E-state index in [4.69, 9.17) is 12.2 Å². The molecule has 2 heterocycles. The molecule has 110 valence electrons. The van der Waals surface area contributed by atoms with Crippen LogP contribution >= 0.6 is 24.0 Å². The maximum absolute atomic E-state index is 5.49. The molecule has 1 aromatic heterocycles. The number of H-pyrrole nitrogens is 1. The van der Waals surface area contributed by atoms with E-state index in [0.29, 0.717) is 0 Å². The van der Waals surface area contributed by atoms with Gasteiger partial charge in [-0.15, -0.1) is 0 Å². The van der Waals surface area contributed by atoms with Crippen molar-refractivity contribution in [2.45, 2.75) is 25.3 Å². The molecule has 1 aliphatic heterocycles. The Hall–Kier alpha value is -1.17. The lowest BCUT2D eigenvalue weighted by Crippen LogP contribution is -2.31. The van der Waals surface area contributed by atoms with E-state index in [2.05, 4.69) is 51.5 Å². The monoisotopic (exact) mass is 317 g/mol. The fourth-order valence-electron chi connectivity index (χ4n) is 2.73. The van der Waals surface area contributed by atoms with E-state index in [1.54, 1.807) is 11.8 Å². The molecule has 1 N–H and O–H groups in total. The molecule has 0 aliphatic carbocycles. The SMILES string of the molecule is CSCc1nc(=S)c2c([nH]1)CCN(Cc1ccccc1)C2. The van der Waals surface area contributed by atoms with Gasteiger partial charge >= 0.3 is 0 Å². The van der Waals surface area contributed by atoms with Crippen LogP contribution in [0, 0.1) is 4.64 Å². The highest BCUT2D eigenvalue weighted by Crippen LogP contribution is 2.20. The highest BCUT2D eigenvalue weighted by molar-refractivity contribution is 7.97. The number of thioether (sulfide) groups is 1. The number of hydrogen-bond acceptors (Lipinski definition) is 4. The van der Waals surface area contributed by atoms with Crippen LogP contribution in [0.2, 0.25) is 0 Å². The van der Waals surface area contributed by atoms with Crippen LogP contribution in [0.4, 0.5) is 0 Å². The minimum atomic E-state index is 0.769. The second-order valence-electron chi connectivity index (χ2n) is 5.33. The van der Waals surface area contributed by atoms with Gasteiger partial charge in [-0.05, 0) is 11.8 Å². The van der Waals surface area contributed by atoms with E-state index in [1.165, 1.54) is 16.8 Å². The van der Waals surface area contributed by atoms with Gasteiger partial charge in [0.2, 0.25) is 0 Å². The van der Waals surface area contributed by atoms with Gasteiger partial charge in [-0.1, -0.05) is 42.5 Å². The van der Waals surface area contributed by atoms with Gasteiger partial charge in [0.25, 0.3) is 0 Å². The first-order chi connectivity index (χ1) is 10.3. The van der Waals surface area contributed by atoms with Crippen molar-refractivity contribution in [1.29, 1.82) is 0 Å². The van der Waals surface area contributed by atoms with E-state index in [9.17, 15) is 0 Å². The van der Waals surface area contributed by atoms with Crippen molar-refractivity contribution in [2.75, 3.05) is 12.8 Å². The highest BCUT2D eigenvalue weighted by Gasteiger charge is 2.19. The predicted molar refractivity (Wildman–Crippen MR) is 90.9 cm³/mol. The Morgan fingerprint density at radius 3 is 2.90 bits per heavy atom. The third-order valence-corrected chi connectivity index (χ3v) is 4.64. The molecule has 1 aliphatic rings. The van der Waals surface area contributed by atoms with Crippen LogP contribution in [0.3, 0.4) is 0 Å². The smallest absolute Gasteiger partial charge is 0.134 e. The first kappa shape index (κ1) is 14.8. The van der Waals surface area contributed by atoms with Gasteiger partial charge in [0.05, 0.1) is 5.75 Å². The molecule has 0 saturated carbocycles. The van der Waals surface area contributed by atoms with E-state index in [1.807, 2.05) is 0 Å². The average molecular weight is 317 g/mol. The maximum atomic E-state index is 5.49. The summed E-state index contributed by atoms with van der Waals surface area (Å²) < 4.78 is 0.769. The van der Waals surface area contributed by atoms with Crippen LogP contribution in [-0.4, -0.2) is 27.7 Å². The summed E-state index contributed by atoms with van der Waals surface area (Å²) in [5, 5.41) is 0. The molecular formula is C16H19N3S2. The lowest BCUT2D eigenvalue weighted by molar-refractivity contribution is 0.242. The standard InChI is InChI=1S/C16H19N3S2/c1-21-11-15-17-14-7-8-19(10-13(14)16(20)18-15)9-12-5-3-2-4-6-12/h2-6H,7-11H2,1H3,(H,17,18,20). The maximum Gasteiger partial charge on any atom is 0.134 e. The van der Waals surface area contributed by atoms with Crippen LogP contribution < -0.4 is 0 Å². The minimum absolute atomic E-state index is 0.769. The van der Waals surface area contributed by atoms with Gasteiger partial charge in [-0.25, -0.2) is 4.98 Å². The van der Waals surface area contributed by atoms with Gasteiger partial charge < -0.3 is 4.98 Å². The van der Waals surface area contributed by atoms with Crippen molar-refractivity contribution < 1.29 is 0 Å². The molecule has 0 saturated heterocycles. The summed E-state index contributed by atoms with van der Waals surface area (Å²) in [7, 11) is 0. The van der Waals surface area contributed by atoms with Gasteiger partial charge in [0, 0.05) is 37.3 Å². The van der Waals surface area contributed by atoms with Crippen LogP contribution in [-0.2, 0) is 25.3 Å². The van der Waals surface area contributed by atoms with Crippen molar-refractivity contribution in [2.24, 2.45) is 0 Å². The quantitative estimate of drug-likeness (QED) is 0.874. The van der Waals surface area contributed by atoms with Crippen molar-refractivity contribution in [3.05, 3.63) is 57.6 Å². The summed E-state index contributed by atoms with van der Waals surface area (Å²) in [4.78, 5) is 10.4. The molecule has 0 unspecified atom stereocenters. The summed E-state index contributed by atoms with van der Waals surface area (Å²) >= 11 is 7.26. The van der Waals surface area contributed by atoms with Crippen LogP contribution in [0.1, 0.15) is 22.6 Å². The highest BCUT2D eigenvalue weighted by atomic mass is 32.2. The Morgan fingerprint density at radius 2 is 2.14 bits per heavy atom. The molecule has 0 fully saturated rings. The zero-order valence-electron chi connectivity index (χ0n) is 12.1. The molecule has 3 nitrogen and oxygen atoms in total. The van der Waals surface area contributed by atoms with Crippen molar-refractivity contribution in [3.8, 4) is 0 Å². The first-order valence-electron chi connectivity index (χ1n) is 7.12. The van der Waals surface area contributed by atoms with Crippen LogP contribution in [0.15, 0.2) is 30.3 Å². The molecule has 21 heavy (non-hydrogen) atoms. The zero-order valence-corrected chi connectivity index (χ0v) is 13.8. The lowest BCUT2D eigenvalue weighted by Gasteiger charge is -2.28. The van der Waals surface area contributed by atoms with E-state index >= 15 is 0 Å². The predicted octanol–water partition coefficient (Wildman–Crippen LogP) is 3.56. The summed E-state index contributed by atoms with van der Waals surface area (Å²) in [6, 6.07) is 10.6.